The molecular weight excluding hydrogens is 498 g/mol. The van der Waals surface area contributed by atoms with Gasteiger partial charge in [-0.15, -0.1) is 0 Å². The van der Waals surface area contributed by atoms with Gasteiger partial charge in [-0.05, 0) is 0 Å². The van der Waals surface area contributed by atoms with E-state index >= 15 is 0 Å². The predicted molar refractivity (Wildman–Crippen MR) is 9.94 cm³/mol. The third-order valence-corrected chi connectivity index (χ3v) is 0. The second kappa shape index (κ2) is 35.4. The molecule has 0 heterocycles. The number of hydrogen-bond donors (Lipinski definition) is 0. The van der Waals surface area contributed by atoms with Crippen molar-refractivity contribution in [3.05, 3.63) is 0 Å². The molecule has 0 saturated carbocycles. The molecule has 0 saturated heterocycles. The summed E-state index contributed by atoms with van der Waals surface area (Å²) >= 11 is 0. The molecule has 0 aromatic heterocycles. The molecule has 0 bridgehead atoms. The van der Waals surface area contributed by atoms with E-state index in [1.54, 1.807) is 0 Å². The molecule has 6 heteroatoms. The Hall–Kier alpha value is 4.13. The average molecular weight is 501 g/mol. The molecule has 0 aliphatic carbocycles. The maximum Gasteiger partial charge on any atom is 0.187 e. The number of rotatable bonds is 0. The van der Waals surface area contributed by atoms with Crippen LogP contribution in [-0.4, -0.2) is 17.4 Å². The zero-order valence-electron chi connectivity index (χ0n) is 2.16. The molecule has 0 aromatic rings. The van der Waals surface area contributed by atoms with E-state index in [1.807, 2.05) is 0 Å². The fraction of sp³-hybridized carbons (Fsp3) is 0. The molecule has 6 heavy (non-hydrogen) atoms. The Morgan fingerprint density at radius 2 is 0.500 bits per heavy atom. The van der Waals surface area contributed by atoms with Crippen molar-refractivity contribution in [3.8, 4) is 0 Å². The Bertz CT molecular complexity index is 8.75. The molecule has 0 rings (SSSR count). The smallest absolute Gasteiger partial charge is 0 e. The maximum atomic E-state index is 0. The van der Waals surface area contributed by atoms with E-state index in [4.69, 9.17) is 0 Å². The summed E-state index contributed by atoms with van der Waals surface area (Å²) in [6.07, 6.45) is 0. The largest absolute Gasteiger partial charge is 0.187 e. The monoisotopic (exact) mass is 505 g/mol. The molecule has 33 valence electrons. The Labute approximate surface area is 124 Å². The molecule has 0 fully saturated rings. The summed E-state index contributed by atoms with van der Waals surface area (Å²) in [5.41, 5.74) is 0. The minimum absolute atomic E-state index is 0. The summed E-state index contributed by atoms with van der Waals surface area (Å²) in [6, 6.07) is 0. The van der Waals surface area contributed by atoms with Crippen molar-refractivity contribution < 1.29 is 109 Å². The molecule has 0 unspecified atom stereocenters. The third kappa shape index (κ3) is 24.2. The van der Waals surface area contributed by atoms with Crippen LogP contribution in [0.4, 0.5) is 0 Å². The fourth-order valence-electron chi connectivity index (χ4n) is 0. The first-order valence-electron chi connectivity index (χ1n) is 0. The Balaban J connectivity index is 0. The predicted octanol–water partition coefficient (Wildman–Crippen LogP) is -1.20. The maximum absolute atomic E-state index is 0. The molecule has 0 nitrogen and oxygen atoms in total. The first-order chi connectivity index (χ1) is 0. The fourth-order valence-corrected chi connectivity index (χ4v) is 0. The van der Waals surface area contributed by atoms with E-state index in [1.165, 1.54) is 0 Å². The summed E-state index contributed by atoms with van der Waals surface area (Å²) in [5, 5.41) is 0. The molecule has 0 spiro atoms. The second-order valence-corrected chi connectivity index (χ2v) is 0. The van der Waals surface area contributed by atoms with Crippen molar-refractivity contribution >= 4 is 17.4 Å². The summed E-state index contributed by atoms with van der Waals surface area (Å²) in [5.74, 6) is 0. The Morgan fingerprint density at radius 1 is 0.500 bits per heavy atom. The first kappa shape index (κ1) is 49.5. The van der Waals surface area contributed by atoms with Gasteiger partial charge in [0, 0.05) is 109 Å². The second-order valence-electron chi connectivity index (χ2n) is 0. The van der Waals surface area contributed by atoms with Crippen LogP contribution in [0.3, 0.4) is 0 Å². The van der Waals surface area contributed by atoms with Crippen LogP contribution in [0.1, 0.15) is 0 Å². The van der Waals surface area contributed by atoms with Crippen LogP contribution in [0.25, 0.3) is 0 Å². The summed E-state index contributed by atoms with van der Waals surface area (Å²) in [7, 11) is 0. The van der Waals surface area contributed by atoms with Crippen molar-refractivity contribution in [2.75, 3.05) is 0 Å². The number of hydrogen-bond acceptors (Lipinski definition) is 0. The van der Waals surface area contributed by atoms with Crippen LogP contribution in [0.5, 0.6) is 0 Å². The average Bonchev–Trinajstić information content (AvgIpc) is 0. The SMILES string of the molecule is [AlH3].[Mo].[Mo].[Nb].[Nb].[Nb]. The van der Waals surface area contributed by atoms with Gasteiger partial charge in [0.1, 0.15) is 0 Å². The van der Waals surface area contributed by atoms with Gasteiger partial charge >= 0.3 is 0 Å². The molecule has 0 N–H and O–H groups in total. The van der Waals surface area contributed by atoms with E-state index in [-0.39, 0.29) is 127 Å². The standard InChI is InChI=1S/Al.2Mo.3Nb.3H. The van der Waals surface area contributed by atoms with Crippen LogP contribution >= 0.6 is 0 Å². The van der Waals surface area contributed by atoms with Crippen molar-refractivity contribution in [1.29, 1.82) is 0 Å². The van der Waals surface area contributed by atoms with E-state index in [0.717, 1.165) is 0 Å². The van der Waals surface area contributed by atoms with Gasteiger partial charge in [-0.2, -0.15) is 0 Å². The van der Waals surface area contributed by atoms with Crippen LogP contribution < -0.4 is 0 Å². The van der Waals surface area contributed by atoms with Gasteiger partial charge in [0.25, 0.3) is 0 Å². The van der Waals surface area contributed by atoms with Gasteiger partial charge in [0.15, 0.2) is 17.4 Å². The molecule has 0 amide bonds. The molecule has 3 radical (unpaired) electrons. The van der Waals surface area contributed by atoms with Crippen molar-refractivity contribution in [2.24, 2.45) is 0 Å². The van der Waals surface area contributed by atoms with Crippen molar-refractivity contribution in [3.63, 3.8) is 0 Å². The van der Waals surface area contributed by atoms with E-state index < -0.39 is 0 Å². The van der Waals surface area contributed by atoms with Gasteiger partial charge in [-0.1, -0.05) is 0 Å². The quantitative estimate of drug-likeness (QED) is 0.367. The van der Waals surface area contributed by atoms with Gasteiger partial charge < -0.3 is 0 Å². The summed E-state index contributed by atoms with van der Waals surface area (Å²) < 4.78 is 0. The molecule has 0 aromatic carbocycles. The molecule has 0 aliphatic rings. The van der Waals surface area contributed by atoms with Crippen LogP contribution in [0.15, 0.2) is 0 Å². The van der Waals surface area contributed by atoms with Gasteiger partial charge in [0.2, 0.25) is 0 Å². The topological polar surface area (TPSA) is 0 Å². The van der Waals surface area contributed by atoms with E-state index in [9.17, 15) is 0 Å². The minimum atomic E-state index is 0. The van der Waals surface area contributed by atoms with Crippen molar-refractivity contribution in [2.45, 2.75) is 0 Å². The summed E-state index contributed by atoms with van der Waals surface area (Å²) in [6.45, 7) is 0. The zero-order valence-corrected chi connectivity index (χ0v) is 12.8. The van der Waals surface area contributed by atoms with Crippen molar-refractivity contribution in [1.82, 2.24) is 0 Å². The Kier molecular flexibility index (Phi) is 292. The zero-order chi connectivity index (χ0) is 0. The van der Waals surface area contributed by atoms with Crippen LogP contribution in [0.2, 0.25) is 0 Å². The van der Waals surface area contributed by atoms with Crippen LogP contribution in [-0.2, 0) is 109 Å². The van der Waals surface area contributed by atoms with Crippen LogP contribution in [0, 0.1) is 0 Å². The minimum Gasteiger partial charge on any atom is 0 e. The molecular formula is H3AlMo2Nb3. The Morgan fingerprint density at radius 3 is 0.500 bits per heavy atom. The van der Waals surface area contributed by atoms with E-state index in [0.29, 0.717) is 0 Å². The van der Waals surface area contributed by atoms with E-state index in [2.05, 4.69) is 0 Å². The first-order valence-corrected chi connectivity index (χ1v) is 0. The molecule has 0 aliphatic heterocycles. The van der Waals surface area contributed by atoms with Gasteiger partial charge in [-0.25, -0.2) is 0 Å². The van der Waals surface area contributed by atoms with Gasteiger partial charge in [0.05, 0.1) is 0 Å². The summed E-state index contributed by atoms with van der Waals surface area (Å²) in [4.78, 5) is 0. The normalized spacial score (nSPS) is 0. The third-order valence-electron chi connectivity index (χ3n) is 0. The molecule has 0 atom stereocenters. The van der Waals surface area contributed by atoms with Gasteiger partial charge in [-0.3, -0.25) is 0 Å².